The maximum absolute atomic E-state index is 11.8. The molecule has 0 aliphatic carbocycles. The lowest BCUT2D eigenvalue weighted by molar-refractivity contribution is -0.142. The zero-order chi connectivity index (χ0) is 12.6. The minimum Gasteiger partial charge on any atom is -0.467 e. The van der Waals surface area contributed by atoms with Crippen LogP contribution < -0.4 is 0 Å². The maximum Gasteiger partial charge on any atom is 0.342 e. The molecule has 0 bridgehead atoms. The van der Waals surface area contributed by atoms with E-state index in [1.807, 2.05) is 19.1 Å². The van der Waals surface area contributed by atoms with Crippen molar-refractivity contribution in [3.8, 4) is 6.07 Å². The Labute approximate surface area is 108 Å². The van der Waals surface area contributed by atoms with Crippen LogP contribution in [0.3, 0.4) is 0 Å². The third-order valence-electron chi connectivity index (χ3n) is 2.64. The first-order valence-electron chi connectivity index (χ1n) is 4.85. The van der Waals surface area contributed by atoms with Gasteiger partial charge in [-0.2, -0.15) is 5.26 Å². The number of thioether (sulfide) groups is 1. The molecule has 88 valence electrons. The highest BCUT2D eigenvalue weighted by Crippen LogP contribution is 2.47. The van der Waals surface area contributed by atoms with Crippen LogP contribution in [0.5, 0.6) is 0 Å². The molecule has 6 heteroatoms. The molecule has 17 heavy (non-hydrogen) atoms. The number of aromatic nitrogens is 1. The van der Waals surface area contributed by atoms with Crippen LogP contribution in [0.4, 0.5) is 0 Å². The first-order valence-corrected chi connectivity index (χ1v) is 6.21. The maximum atomic E-state index is 11.8. The minimum atomic E-state index is -1.37. The molecule has 0 N–H and O–H groups in total. The Morgan fingerprint density at radius 2 is 2.47 bits per heavy atom. The quantitative estimate of drug-likeness (QED) is 0.577. The molecule has 0 saturated carbocycles. The molecule has 0 spiro atoms. The van der Waals surface area contributed by atoms with Gasteiger partial charge in [0.1, 0.15) is 5.15 Å². The Morgan fingerprint density at radius 3 is 3.06 bits per heavy atom. The van der Waals surface area contributed by atoms with Crippen LogP contribution in [-0.4, -0.2) is 18.1 Å². The van der Waals surface area contributed by atoms with Gasteiger partial charge in [0.25, 0.3) is 0 Å². The van der Waals surface area contributed by atoms with E-state index in [0.29, 0.717) is 16.6 Å². The molecule has 2 rings (SSSR count). The van der Waals surface area contributed by atoms with Gasteiger partial charge in [0.05, 0.1) is 18.9 Å². The average Bonchev–Trinajstić information content (AvgIpc) is 2.68. The van der Waals surface area contributed by atoms with E-state index in [-0.39, 0.29) is 0 Å². The fourth-order valence-electron chi connectivity index (χ4n) is 1.75. The zero-order valence-corrected chi connectivity index (χ0v) is 10.9. The molecular weight excluding hydrogens is 260 g/mol. The molecule has 0 fully saturated rings. The zero-order valence-electron chi connectivity index (χ0n) is 9.28. The Morgan fingerprint density at radius 1 is 1.76 bits per heavy atom. The predicted octanol–water partition coefficient (Wildman–Crippen LogP) is 2.18. The summed E-state index contributed by atoms with van der Waals surface area (Å²) in [5, 5.41) is 9.58. The van der Waals surface area contributed by atoms with Crippen molar-refractivity contribution in [1.29, 1.82) is 5.26 Å². The van der Waals surface area contributed by atoms with Gasteiger partial charge in [0.15, 0.2) is 0 Å². The monoisotopic (exact) mass is 268 g/mol. The summed E-state index contributed by atoms with van der Waals surface area (Å²) in [6.45, 7) is 1.84. The smallest absolute Gasteiger partial charge is 0.342 e. The van der Waals surface area contributed by atoms with E-state index in [1.165, 1.54) is 18.9 Å². The minimum absolute atomic E-state index is 0.315. The van der Waals surface area contributed by atoms with Gasteiger partial charge >= 0.3 is 5.97 Å². The van der Waals surface area contributed by atoms with Crippen LogP contribution in [0.1, 0.15) is 16.8 Å². The van der Waals surface area contributed by atoms with E-state index in [9.17, 15) is 10.1 Å². The molecule has 1 aliphatic heterocycles. The molecule has 0 radical (unpaired) electrons. The number of nitrogens with zero attached hydrogens (tertiary/aromatic N) is 2. The van der Waals surface area contributed by atoms with Gasteiger partial charge in [0, 0.05) is 5.75 Å². The highest BCUT2D eigenvalue weighted by atomic mass is 35.5. The number of esters is 1. The van der Waals surface area contributed by atoms with Crippen molar-refractivity contribution >= 4 is 29.3 Å². The Bertz CT molecular complexity index is 541. The topological polar surface area (TPSA) is 63.0 Å². The SMILES string of the molecule is COC(=O)[C@@]1(C#N)SCc2cc(C)c(Cl)nc21. The van der Waals surface area contributed by atoms with Crippen molar-refractivity contribution in [2.24, 2.45) is 0 Å². The average molecular weight is 269 g/mol. The van der Waals surface area contributed by atoms with Gasteiger partial charge in [-0.25, -0.2) is 9.78 Å². The van der Waals surface area contributed by atoms with Crippen LogP contribution in [0.15, 0.2) is 6.07 Å². The fourth-order valence-corrected chi connectivity index (χ4v) is 3.06. The normalized spacial score (nSPS) is 21.8. The summed E-state index contributed by atoms with van der Waals surface area (Å²) >= 11 is 7.15. The van der Waals surface area contributed by atoms with Crippen LogP contribution in [0.25, 0.3) is 0 Å². The molecule has 0 saturated heterocycles. The van der Waals surface area contributed by atoms with Crippen LogP contribution >= 0.6 is 23.4 Å². The van der Waals surface area contributed by atoms with E-state index in [4.69, 9.17) is 16.3 Å². The number of halogens is 1. The molecule has 1 aliphatic rings. The summed E-state index contributed by atoms with van der Waals surface area (Å²) < 4.78 is 3.32. The van der Waals surface area contributed by atoms with E-state index < -0.39 is 10.7 Å². The van der Waals surface area contributed by atoms with E-state index in [1.54, 1.807) is 0 Å². The second-order valence-corrected chi connectivity index (χ2v) is 5.22. The third-order valence-corrected chi connectivity index (χ3v) is 4.36. The second-order valence-electron chi connectivity index (χ2n) is 3.68. The van der Waals surface area contributed by atoms with Gasteiger partial charge in [-0.05, 0) is 18.1 Å². The number of rotatable bonds is 1. The lowest BCUT2D eigenvalue weighted by Gasteiger charge is -2.17. The number of hydrogen-bond donors (Lipinski definition) is 0. The Balaban J connectivity index is 2.63. The highest BCUT2D eigenvalue weighted by molar-refractivity contribution is 8.00. The number of ether oxygens (including phenoxy) is 1. The van der Waals surface area contributed by atoms with E-state index >= 15 is 0 Å². The molecule has 0 aromatic carbocycles. The molecule has 0 unspecified atom stereocenters. The second kappa shape index (κ2) is 4.21. The van der Waals surface area contributed by atoms with Crippen molar-refractivity contribution in [3.05, 3.63) is 28.0 Å². The molecule has 4 nitrogen and oxygen atoms in total. The number of fused-ring (bicyclic) bond motifs is 1. The number of carbonyl (C=O) groups is 1. The predicted molar refractivity (Wildman–Crippen MR) is 64.6 cm³/mol. The number of pyridine rings is 1. The van der Waals surface area contributed by atoms with E-state index in [0.717, 1.165) is 11.1 Å². The largest absolute Gasteiger partial charge is 0.467 e. The number of hydrogen-bond acceptors (Lipinski definition) is 5. The van der Waals surface area contributed by atoms with Gasteiger partial charge in [-0.1, -0.05) is 17.7 Å². The lowest BCUT2D eigenvalue weighted by atomic mass is 10.0. The molecule has 0 amide bonds. The number of methoxy groups -OCH3 is 1. The first-order chi connectivity index (χ1) is 8.05. The van der Waals surface area contributed by atoms with Crippen LogP contribution in [0, 0.1) is 18.3 Å². The molecular formula is C11H9ClN2O2S. The van der Waals surface area contributed by atoms with Gasteiger partial charge in [0.2, 0.25) is 4.75 Å². The third kappa shape index (κ3) is 1.68. The van der Waals surface area contributed by atoms with Gasteiger partial charge in [-0.15, -0.1) is 11.8 Å². The van der Waals surface area contributed by atoms with Crippen molar-refractivity contribution in [2.75, 3.05) is 7.11 Å². The standard InChI is InChI=1S/C11H9ClN2O2S/c1-6-3-7-4-17-11(5-13,10(15)16-2)8(7)14-9(6)12/h3H,4H2,1-2H3/t11-/m0/s1. The summed E-state index contributed by atoms with van der Waals surface area (Å²) in [6, 6.07) is 3.86. The van der Waals surface area contributed by atoms with Crippen molar-refractivity contribution in [1.82, 2.24) is 4.98 Å². The van der Waals surface area contributed by atoms with Crippen LogP contribution in [0.2, 0.25) is 5.15 Å². The highest BCUT2D eigenvalue weighted by Gasteiger charge is 2.50. The molecule has 1 atom stereocenters. The summed E-state index contributed by atoms with van der Waals surface area (Å²) in [5.74, 6) is -0.0422. The van der Waals surface area contributed by atoms with E-state index in [2.05, 4.69) is 4.98 Å². The van der Waals surface area contributed by atoms with Gasteiger partial charge in [-0.3, -0.25) is 0 Å². The molecule has 2 heterocycles. The van der Waals surface area contributed by atoms with Crippen molar-refractivity contribution < 1.29 is 9.53 Å². The van der Waals surface area contributed by atoms with Crippen molar-refractivity contribution in [2.45, 2.75) is 17.4 Å². The Kier molecular flexibility index (Phi) is 3.02. The van der Waals surface area contributed by atoms with Crippen molar-refractivity contribution in [3.63, 3.8) is 0 Å². The number of carbonyl (C=O) groups excluding carboxylic acids is 1. The summed E-state index contributed by atoms with van der Waals surface area (Å²) in [5.41, 5.74) is 2.11. The number of aryl methyl sites for hydroxylation is 1. The molecule has 1 aromatic rings. The first kappa shape index (κ1) is 12.2. The number of nitriles is 1. The summed E-state index contributed by atoms with van der Waals surface area (Å²) in [4.78, 5) is 15.9. The summed E-state index contributed by atoms with van der Waals surface area (Å²) in [7, 11) is 1.26. The Hall–Kier alpha value is -1.25. The lowest BCUT2D eigenvalue weighted by Crippen LogP contribution is -2.31. The van der Waals surface area contributed by atoms with Crippen LogP contribution in [-0.2, 0) is 20.0 Å². The summed E-state index contributed by atoms with van der Waals surface area (Å²) in [6.07, 6.45) is 0. The van der Waals surface area contributed by atoms with Gasteiger partial charge < -0.3 is 4.74 Å². The fraction of sp³-hybridized carbons (Fsp3) is 0.364. The molecule has 1 aromatic heterocycles.